The van der Waals surface area contributed by atoms with Gasteiger partial charge < -0.3 is 10.5 Å². The highest BCUT2D eigenvalue weighted by atomic mass is 35.5. The van der Waals surface area contributed by atoms with Crippen LogP contribution in [0.5, 0.6) is 11.6 Å². The lowest BCUT2D eigenvalue weighted by atomic mass is 10.2. The highest BCUT2D eigenvalue weighted by Crippen LogP contribution is 2.23. The Morgan fingerprint density at radius 2 is 2.05 bits per heavy atom. The summed E-state index contributed by atoms with van der Waals surface area (Å²) in [6.07, 6.45) is 1.35. The molecule has 0 saturated carbocycles. The number of rotatable bonds is 3. The smallest absolute Gasteiger partial charge is 0.256 e. The van der Waals surface area contributed by atoms with Crippen molar-refractivity contribution in [1.82, 2.24) is 19.6 Å². The SMILES string of the molecule is NC(=O)c1ccc(Oc2cc(Cl)nc3ncnn23)cc1. The first-order valence-electron chi connectivity index (χ1n) is 5.57. The summed E-state index contributed by atoms with van der Waals surface area (Å²) in [7, 11) is 0. The molecule has 2 aromatic heterocycles. The Morgan fingerprint density at radius 1 is 1.30 bits per heavy atom. The van der Waals surface area contributed by atoms with E-state index in [9.17, 15) is 4.79 Å². The average molecular weight is 290 g/mol. The number of carbonyl (C=O) groups is 1. The average Bonchev–Trinajstić information content (AvgIpc) is 2.87. The van der Waals surface area contributed by atoms with Crippen molar-refractivity contribution in [1.29, 1.82) is 0 Å². The maximum absolute atomic E-state index is 11.0. The molecule has 1 amide bonds. The Kier molecular flexibility index (Phi) is 2.96. The number of hydrogen-bond donors (Lipinski definition) is 1. The van der Waals surface area contributed by atoms with Gasteiger partial charge in [0.1, 0.15) is 17.2 Å². The van der Waals surface area contributed by atoms with Crippen LogP contribution in [0.25, 0.3) is 5.78 Å². The van der Waals surface area contributed by atoms with E-state index >= 15 is 0 Å². The molecule has 2 N–H and O–H groups in total. The van der Waals surface area contributed by atoms with Gasteiger partial charge in [0.2, 0.25) is 11.8 Å². The molecule has 0 spiro atoms. The highest BCUT2D eigenvalue weighted by molar-refractivity contribution is 6.29. The fourth-order valence-corrected chi connectivity index (χ4v) is 1.81. The van der Waals surface area contributed by atoms with Crippen molar-refractivity contribution in [2.75, 3.05) is 0 Å². The molecule has 20 heavy (non-hydrogen) atoms. The van der Waals surface area contributed by atoms with Gasteiger partial charge in [-0.25, -0.2) is 0 Å². The molecule has 2 heterocycles. The molecule has 0 radical (unpaired) electrons. The second kappa shape index (κ2) is 4.78. The first kappa shape index (κ1) is 12.4. The molecule has 0 unspecified atom stereocenters. The van der Waals surface area contributed by atoms with Gasteiger partial charge in [-0.15, -0.1) is 0 Å². The van der Waals surface area contributed by atoms with Crippen molar-refractivity contribution < 1.29 is 9.53 Å². The second-order valence-electron chi connectivity index (χ2n) is 3.88. The van der Waals surface area contributed by atoms with Crippen LogP contribution in [0.2, 0.25) is 5.15 Å². The van der Waals surface area contributed by atoms with Gasteiger partial charge in [-0.2, -0.15) is 19.6 Å². The fourth-order valence-electron chi connectivity index (χ4n) is 1.64. The van der Waals surface area contributed by atoms with Crippen LogP contribution < -0.4 is 10.5 Å². The van der Waals surface area contributed by atoms with E-state index in [0.717, 1.165) is 0 Å². The molecule has 3 rings (SSSR count). The minimum atomic E-state index is -0.498. The van der Waals surface area contributed by atoms with Gasteiger partial charge in [-0.05, 0) is 24.3 Å². The number of nitrogens with zero attached hydrogens (tertiary/aromatic N) is 4. The summed E-state index contributed by atoms with van der Waals surface area (Å²) < 4.78 is 7.06. The molecule has 0 fully saturated rings. The van der Waals surface area contributed by atoms with Crippen molar-refractivity contribution in [3.05, 3.63) is 47.4 Å². The van der Waals surface area contributed by atoms with Gasteiger partial charge in [0.05, 0.1) is 0 Å². The Morgan fingerprint density at radius 3 is 2.75 bits per heavy atom. The van der Waals surface area contributed by atoms with E-state index in [4.69, 9.17) is 22.1 Å². The van der Waals surface area contributed by atoms with Crippen molar-refractivity contribution in [3.63, 3.8) is 0 Å². The maximum Gasteiger partial charge on any atom is 0.256 e. The van der Waals surface area contributed by atoms with E-state index in [1.807, 2.05) is 0 Å². The number of hydrogen-bond acceptors (Lipinski definition) is 5. The lowest BCUT2D eigenvalue weighted by Gasteiger charge is -2.07. The maximum atomic E-state index is 11.0. The zero-order chi connectivity index (χ0) is 14.1. The quantitative estimate of drug-likeness (QED) is 0.740. The van der Waals surface area contributed by atoms with Gasteiger partial charge in [0.25, 0.3) is 5.78 Å². The van der Waals surface area contributed by atoms with Gasteiger partial charge in [-0.3, -0.25) is 4.79 Å². The van der Waals surface area contributed by atoms with E-state index in [1.54, 1.807) is 24.3 Å². The summed E-state index contributed by atoms with van der Waals surface area (Å²) >= 11 is 5.88. The molecule has 0 aliphatic rings. The van der Waals surface area contributed by atoms with Crippen molar-refractivity contribution in [2.45, 2.75) is 0 Å². The van der Waals surface area contributed by atoms with Crippen LogP contribution >= 0.6 is 11.6 Å². The predicted molar refractivity (Wildman–Crippen MR) is 70.8 cm³/mol. The number of nitrogens with two attached hydrogens (primary N) is 1. The van der Waals surface area contributed by atoms with E-state index in [0.29, 0.717) is 23.0 Å². The van der Waals surface area contributed by atoms with Crippen molar-refractivity contribution >= 4 is 23.3 Å². The van der Waals surface area contributed by atoms with Gasteiger partial charge in [0.15, 0.2) is 0 Å². The molecule has 3 aromatic rings. The second-order valence-corrected chi connectivity index (χ2v) is 4.27. The lowest BCUT2D eigenvalue weighted by molar-refractivity contribution is 0.100. The molecular weight excluding hydrogens is 282 g/mol. The van der Waals surface area contributed by atoms with E-state index < -0.39 is 5.91 Å². The third-order valence-corrected chi connectivity index (χ3v) is 2.74. The number of amides is 1. The number of aromatic nitrogens is 4. The van der Waals surface area contributed by atoms with Crippen LogP contribution in [-0.2, 0) is 0 Å². The summed E-state index contributed by atoms with van der Waals surface area (Å²) in [5, 5.41) is 4.23. The summed E-state index contributed by atoms with van der Waals surface area (Å²) in [6, 6.07) is 7.90. The first-order chi connectivity index (χ1) is 9.63. The minimum absolute atomic E-state index is 0.245. The van der Waals surface area contributed by atoms with Crippen LogP contribution in [0.1, 0.15) is 10.4 Å². The van der Waals surface area contributed by atoms with Gasteiger partial charge >= 0.3 is 0 Å². The van der Waals surface area contributed by atoms with Gasteiger partial charge in [0, 0.05) is 11.6 Å². The molecule has 0 atom stereocenters. The number of ether oxygens (including phenoxy) is 1. The summed E-state index contributed by atoms with van der Waals surface area (Å²) in [6.45, 7) is 0. The van der Waals surface area contributed by atoms with Crippen LogP contribution in [0, 0.1) is 0 Å². The van der Waals surface area contributed by atoms with E-state index in [1.165, 1.54) is 16.9 Å². The molecule has 100 valence electrons. The lowest BCUT2D eigenvalue weighted by Crippen LogP contribution is -2.10. The molecule has 1 aromatic carbocycles. The highest BCUT2D eigenvalue weighted by Gasteiger charge is 2.09. The normalized spacial score (nSPS) is 10.7. The van der Waals surface area contributed by atoms with Crippen molar-refractivity contribution in [2.24, 2.45) is 5.73 Å². The molecule has 0 aliphatic heterocycles. The number of benzene rings is 1. The molecular formula is C12H8ClN5O2. The zero-order valence-electron chi connectivity index (χ0n) is 10.0. The van der Waals surface area contributed by atoms with Crippen LogP contribution in [0.3, 0.4) is 0 Å². The number of primary amides is 1. The summed E-state index contributed by atoms with van der Waals surface area (Å²) in [4.78, 5) is 18.9. The molecule has 0 bridgehead atoms. The standard InChI is InChI=1S/C12H8ClN5O2/c13-9-5-10(18-12(17-9)15-6-16-18)20-8-3-1-7(2-4-8)11(14)19/h1-6H,(H2,14,19). The van der Waals surface area contributed by atoms with E-state index in [-0.39, 0.29) is 5.15 Å². The third-order valence-electron chi connectivity index (χ3n) is 2.55. The Hall–Kier alpha value is -2.67. The number of carbonyl (C=O) groups excluding carboxylic acids is 1. The minimum Gasteiger partial charge on any atom is -0.439 e. The monoisotopic (exact) mass is 289 g/mol. The largest absolute Gasteiger partial charge is 0.439 e. The summed E-state index contributed by atoms with van der Waals surface area (Å²) in [5.41, 5.74) is 5.57. The summed E-state index contributed by atoms with van der Waals surface area (Å²) in [5.74, 6) is 0.710. The number of halogens is 1. The Bertz CT molecular complexity index is 784. The Balaban J connectivity index is 1.96. The van der Waals surface area contributed by atoms with Crippen LogP contribution in [0.15, 0.2) is 36.7 Å². The third kappa shape index (κ3) is 2.26. The van der Waals surface area contributed by atoms with E-state index in [2.05, 4.69) is 15.1 Å². The number of fused-ring (bicyclic) bond motifs is 1. The van der Waals surface area contributed by atoms with Crippen molar-refractivity contribution in [3.8, 4) is 11.6 Å². The molecule has 7 nitrogen and oxygen atoms in total. The molecule has 0 aliphatic carbocycles. The Labute approximate surface area is 118 Å². The molecule has 0 saturated heterocycles. The fraction of sp³-hybridized carbons (Fsp3) is 0. The molecule has 8 heteroatoms. The van der Waals surface area contributed by atoms with Crippen LogP contribution in [0.4, 0.5) is 0 Å². The topological polar surface area (TPSA) is 95.4 Å². The predicted octanol–water partition coefficient (Wildman–Crippen LogP) is 1.67. The first-order valence-corrected chi connectivity index (χ1v) is 5.95. The van der Waals surface area contributed by atoms with Gasteiger partial charge in [-0.1, -0.05) is 11.6 Å². The van der Waals surface area contributed by atoms with Crippen LogP contribution in [-0.4, -0.2) is 25.5 Å². The zero-order valence-corrected chi connectivity index (χ0v) is 10.8.